The normalized spacial score (nSPS) is 11.7. The maximum atomic E-state index is 3.14. The topological polar surface area (TPSA) is 0 Å². The summed E-state index contributed by atoms with van der Waals surface area (Å²) in [5.74, 6) is 6.64. The molecular formula is C15H20. The summed E-state index contributed by atoms with van der Waals surface area (Å²) in [5, 5.41) is 0. The van der Waals surface area contributed by atoms with Crippen molar-refractivity contribution < 1.29 is 0 Å². The average Bonchev–Trinajstić information content (AvgIpc) is 2.27. The Morgan fingerprint density at radius 3 is 2.40 bits per heavy atom. The fraction of sp³-hybridized carbons (Fsp3) is 0.467. The third kappa shape index (κ3) is 3.80. The van der Waals surface area contributed by atoms with Crippen LogP contribution >= 0.6 is 0 Å². The van der Waals surface area contributed by atoms with Crippen LogP contribution in [0.3, 0.4) is 0 Å². The molecule has 0 aliphatic carbocycles. The van der Waals surface area contributed by atoms with Crippen LogP contribution in [0, 0.1) is 11.8 Å². The van der Waals surface area contributed by atoms with E-state index >= 15 is 0 Å². The van der Waals surface area contributed by atoms with Crippen molar-refractivity contribution in [1.29, 1.82) is 0 Å². The highest BCUT2D eigenvalue weighted by Crippen LogP contribution is 2.19. The molecule has 1 aromatic carbocycles. The minimum atomic E-state index is 0.549. The third-order valence-electron chi connectivity index (χ3n) is 2.67. The molecule has 1 atom stereocenters. The lowest BCUT2D eigenvalue weighted by Gasteiger charge is -2.08. The van der Waals surface area contributed by atoms with Gasteiger partial charge in [0.25, 0.3) is 0 Å². The van der Waals surface area contributed by atoms with Crippen molar-refractivity contribution >= 4 is 0 Å². The Morgan fingerprint density at radius 1 is 1.20 bits per heavy atom. The van der Waals surface area contributed by atoms with Gasteiger partial charge in [0.15, 0.2) is 0 Å². The molecule has 0 saturated carbocycles. The lowest BCUT2D eigenvalue weighted by molar-refractivity contribution is 0.793. The van der Waals surface area contributed by atoms with Gasteiger partial charge in [-0.05, 0) is 30.4 Å². The molecule has 0 amide bonds. The molecule has 0 nitrogen and oxygen atoms in total. The van der Waals surface area contributed by atoms with E-state index in [4.69, 9.17) is 0 Å². The first-order chi connectivity index (χ1) is 7.27. The molecule has 0 bridgehead atoms. The molecule has 1 aromatic rings. The summed E-state index contributed by atoms with van der Waals surface area (Å²) < 4.78 is 0. The van der Waals surface area contributed by atoms with Crippen molar-refractivity contribution in [3.05, 3.63) is 35.4 Å². The van der Waals surface area contributed by atoms with Gasteiger partial charge in [-0.2, -0.15) is 0 Å². The number of benzene rings is 1. The zero-order valence-corrected chi connectivity index (χ0v) is 10.0. The van der Waals surface area contributed by atoms with Crippen LogP contribution in [0.1, 0.15) is 50.7 Å². The largest absolute Gasteiger partial charge is 0.107 e. The number of hydrogen-bond donors (Lipinski definition) is 0. The predicted molar refractivity (Wildman–Crippen MR) is 66.9 cm³/mol. The van der Waals surface area contributed by atoms with Crippen LogP contribution in [0.4, 0.5) is 0 Å². The van der Waals surface area contributed by atoms with E-state index in [2.05, 4.69) is 50.0 Å². The molecule has 0 aliphatic rings. The second-order valence-corrected chi connectivity index (χ2v) is 4.02. The highest BCUT2D eigenvalue weighted by atomic mass is 14.1. The monoisotopic (exact) mass is 200 g/mol. The first-order valence-electron chi connectivity index (χ1n) is 5.76. The summed E-state index contributed by atoms with van der Waals surface area (Å²) >= 11 is 0. The molecule has 0 spiro atoms. The summed E-state index contributed by atoms with van der Waals surface area (Å²) in [6.45, 7) is 6.35. The van der Waals surface area contributed by atoms with Crippen molar-refractivity contribution in [3.63, 3.8) is 0 Å². The Bertz CT molecular complexity index is 335. The first kappa shape index (κ1) is 11.9. The Morgan fingerprint density at radius 2 is 1.87 bits per heavy atom. The van der Waals surface area contributed by atoms with Crippen molar-refractivity contribution in [2.45, 2.75) is 46.0 Å². The molecule has 0 heterocycles. The van der Waals surface area contributed by atoms with E-state index in [0.717, 1.165) is 6.42 Å². The number of hydrogen-bond acceptors (Lipinski definition) is 0. The zero-order valence-electron chi connectivity index (χ0n) is 10.0. The summed E-state index contributed by atoms with van der Waals surface area (Å²) in [4.78, 5) is 0. The van der Waals surface area contributed by atoms with Gasteiger partial charge in [0.05, 0.1) is 0 Å². The van der Waals surface area contributed by atoms with E-state index in [9.17, 15) is 0 Å². The quantitative estimate of drug-likeness (QED) is 0.640. The van der Waals surface area contributed by atoms with Crippen molar-refractivity contribution in [2.24, 2.45) is 0 Å². The lowest BCUT2D eigenvalue weighted by atomic mass is 9.96. The minimum absolute atomic E-state index is 0.549. The van der Waals surface area contributed by atoms with Crippen LogP contribution in [-0.2, 0) is 6.42 Å². The van der Waals surface area contributed by atoms with Crippen molar-refractivity contribution in [3.8, 4) is 11.8 Å². The highest BCUT2D eigenvalue weighted by Gasteiger charge is 2.02. The number of rotatable bonds is 4. The van der Waals surface area contributed by atoms with Gasteiger partial charge >= 0.3 is 0 Å². The molecule has 15 heavy (non-hydrogen) atoms. The van der Waals surface area contributed by atoms with Crippen LogP contribution in [0.25, 0.3) is 0 Å². The van der Waals surface area contributed by atoms with Gasteiger partial charge < -0.3 is 0 Å². The van der Waals surface area contributed by atoms with Gasteiger partial charge in [-0.3, -0.25) is 0 Å². The van der Waals surface area contributed by atoms with E-state index in [0.29, 0.717) is 5.92 Å². The van der Waals surface area contributed by atoms with Crippen LogP contribution in [0.2, 0.25) is 0 Å². The van der Waals surface area contributed by atoms with Crippen molar-refractivity contribution in [2.75, 3.05) is 0 Å². The van der Waals surface area contributed by atoms with Gasteiger partial charge in [-0.25, -0.2) is 0 Å². The summed E-state index contributed by atoms with van der Waals surface area (Å²) in [7, 11) is 0. The maximum absolute atomic E-state index is 3.14. The number of aryl methyl sites for hydroxylation is 1. The van der Waals surface area contributed by atoms with Gasteiger partial charge in [0, 0.05) is 6.42 Å². The van der Waals surface area contributed by atoms with Gasteiger partial charge in [0.1, 0.15) is 0 Å². The first-order valence-corrected chi connectivity index (χ1v) is 5.76. The molecular weight excluding hydrogens is 180 g/mol. The zero-order chi connectivity index (χ0) is 11.1. The lowest BCUT2D eigenvalue weighted by Crippen LogP contribution is -1.92. The maximum Gasteiger partial charge on any atom is 0.0155 e. The molecule has 80 valence electrons. The van der Waals surface area contributed by atoms with E-state index < -0.39 is 0 Å². The van der Waals surface area contributed by atoms with E-state index in [-0.39, 0.29) is 0 Å². The standard InChI is InChI=1S/C15H20/c1-4-6-8-13(3)15-11-9-14(7-5-2)10-12-15/h9-13H,5,7-8H2,1-3H3. The van der Waals surface area contributed by atoms with Gasteiger partial charge in [-0.1, -0.05) is 44.5 Å². The van der Waals surface area contributed by atoms with Crippen LogP contribution in [0.5, 0.6) is 0 Å². The molecule has 1 unspecified atom stereocenters. The summed E-state index contributed by atoms with van der Waals surface area (Å²) in [6.07, 6.45) is 3.36. The molecule has 0 radical (unpaired) electrons. The van der Waals surface area contributed by atoms with Crippen LogP contribution < -0.4 is 0 Å². The van der Waals surface area contributed by atoms with Gasteiger partial charge in [0.2, 0.25) is 0 Å². The Balaban J connectivity index is 2.64. The third-order valence-corrected chi connectivity index (χ3v) is 2.67. The molecule has 1 rings (SSSR count). The fourth-order valence-corrected chi connectivity index (χ4v) is 1.67. The van der Waals surface area contributed by atoms with E-state index in [1.165, 1.54) is 24.0 Å². The van der Waals surface area contributed by atoms with E-state index in [1.807, 2.05) is 6.92 Å². The molecule has 0 saturated heterocycles. The SMILES string of the molecule is CC#CCC(C)c1ccc(CCC)cc1. The van der Waals surface area contributed by atoms with Crippen LogP contribution in [-0.4, -0.2) is 0 Å². The Hall–Kier alpha value is -1.22. The Kier molecular flexibility index (Phi) is 4.98. The summed E-state index contributed by atoms with van der Waals surface area (Å²) in [6, 6.07) is 8.98. The molecule has 0 aromatic heterocycles. The van der Waals surface area contributed by atoms with E-state index in [1.54, 1.807) is 0 Å². The second-order valence-electron chi connectivity index (χ2n) is 4.02. The summed E-state index contributed by atoms with van der Waals surface area (Å²) in [5.41, 5.74) is 2.84. The fourth-order valence-electron chi connectivity index (χ4n) is 1.67. The molecule has 0 fully saturated rings. The Labute approximate surface area is 93.7 Å². The molecule has 0 heteroatoms. The van der Waals surface area contributed by atoms with Gasteiger partial charge in [-0.15, -0.1) is 11.8 Å². The minimum Gasteiger partial charge on any atom is -0.107 e. The average molecular weight is 200 g/mol. The smallest absolute Gasteiger partial charge is 0.0155 e. The molecule has 0 N–H and O–H groups in total. The van der Waals surface area contributed by atoms with Crippen LogP contribution in [0.15, 0.2) is 24.3 Å². The second kappa shape index (κ2) is 6.30. The van der Waals surface area contributed by atoms with Crippen molar-refractivity contribution in [1.82, 2.24) is 0 Å². The molecule has 0 aliphatic heterocycles. The highest BCUT2D eigenvalue weighted by molar-refractivity contribution is 5.26. The predicted octanol–water partition coefficient (Wildman–Crippen LogP) is 4.16.